The Labute approximate surface area is 93.3 Å². The SMILES string of the molecule is O=C(O)c1ccc2c(c1)ncn2CC(F)(F)F. The van der Waals surface area contributed by atoms with Crippen molar-refractivity contribution in [2.75, 3.05) is 0 Å². The standard InChI is InChI=1S/C10H7F3N2O2/c11-10(12,13)4-15-5-14-7-3-6(9(16)17)1-2-8(7)15/h1-3,5H,4H2,(H,16,17). The second-order valence-corrected chi connectivity index (χ2v) is 3.50. The fourth-order valence-corrected chi connectivity index (χ4v) is 1.52. The summed E-state index contributed by atoms with van der Waals surface area (Å²) in [5.74, 6) is -1.14. The molecule has 0 spiro atoms. The molecule has 0 amide bonds. The maximum Gasteiger partial charge on any atom is 0.406 e. The first-order chi connectivity index (χ1) is 7.87. The molecule has 0 saturated carbocycles. The largest absolute Gasteiger partial charge is 0.478 e. The lowest BCUT2D eigenvalue weighted by Crippen LogP contribution is -2.16. The molecule has 0 unspecified atom stereocenters. The smallest absolute Gasteiger partial charge is 0.406 e. The molecule has 0 bridgehead atoms. The predicted octanol–water partition coefficient (Wildman–Crippen LogP) is 2.30. The third kappa shape index (κ3) is 2.38. The quantitative estimate of drug-likeness (QED) is 0.881. The molecule has 4 nitrogen and oxygen atoms in total. The van der Waals surface area contributed by atoms with E-state index in [-0.39, 0.29) is 16.6 Å². The number of hydrogen-bond donors (Lipinski definition) is 1. The van der Waals surface area contributed by atoms with E-state index in [4.69, 9.17) is 5.11 Å². The number of imidazole rings is 1. The van der Waals surface area contributed by atoms with E-state index in [9.17, 15) is 18.0 Å². The molecular weight excluding hydrogens is 237 g/mol. The van der Waals surface area contributed by atoms with Crippen LogP contribution >= 0.6 is 0 Å². The molecule has 0 saturated heterocycles. The van der Waals surface area contributed by atoms with Gasteiger partial charge in [-0.2, -0.15) is 13.2 Å². The highest BCUT2D eigenvalue weighted by Crippen LogP contribution is 2.21. The molecular formula is C10H7F3N2O2. The molecule has 2 aromatic rings. The van der Waals surface area contributed by atoms with Gasteiger partial charge in [0, 0.05) is 0 Å². The van der Waals surface area contributed by atoms with Gasteiger partial charge in [0.1, 0.15) is 6.54 Å². The van der Waals surface area contributed by atoms with Crippen molar-refractivity contribution in [3.05, 3.63) is 30.1 Å². The normalized spacial score (nSPS) is 11.9. The first kappa shape index (κ1) is 11.4. The third-order valence-electron chi connectivity index (χ3n) is 2.22. The van der Waals surface area contributed by atoms with Crippen molar-refractivity contribution in [3.8, 4) is 0 Å². The molecule has 1 aromatic carbocycles. The van der Waals surface area contributed by atoms with E-state index in [1.54, 1.807) is 0 Å². The van der Waals surface area contributed by atoms with Crippen LogP contribution in [0.3, 0.4) is 0 Å². The van der Waals surface area contributed by atoms with Crippen LogP contribution in [-0.2, 0) is 6.54 Å². The average molecular weight is 244 g/mol. The van der Waals surface area contributed by atoms with Crippen molar-refractivity contribution in [1.82, 2.24) is 9.55 Å². The van der Waals surface area contributed by atoms with Gasteiger partial charge in [-0.1, -0.05) is 0 Å². The zero-order valence-electron chi connectivity index (χ0n) is 8.40. The summed E-state index contributed by atoms with van der Waals surface area (Å²) in [5, 5.41) is 8.72. The van der Waals surface area contributed by atoms with Crippen LogP contribution in [0.5, 0.6) is 0 Å². The monoisotopic (exact) mass is 244 g/mol. The van der Waals surface area contributed by atoms with E-state index in [1.165, 1.54) is 18.2 Å². The van der Waals surface area contributed by atoms with Crippen molar-refractivity contribution >= 4 is 17.0 Å². The van der Waals surface area contributed by atoms with Gasteiger partial charge in [-0.05, 0) is 18.2 Å². The minimum Gasteiger partial charge on any atom is -0.478 e. The van der Waals surface area contributed by atoms with Gasteiger partial charge < -0.3 is 9.67 Å². The molecule has 0 aliphatic carbocycles. The number of fused-ring (bicyclic) bond motifs is 1. The van der Waals surface area contributed by atoms with Crippen LogP contribution in [0.25, 0.3) is 11.0 Å². The first-order valence-corrected chi connectivity index (χ1v) is 4.62. The van der Waals surface area contributed by atoms with Crippen molar-refractivity contribution < 1.29 is 23.1 Å². The van der Waals surface area contributed by atoms with Crippen LogP contribution in [0.4, 0.5) is 13.2 Å². The van der Waals surface area contributed by atoms with E-state index in [2.05, 4.69) is 4.98 Å². The number of alkyl halides is 3. The molecule has 2 rings (SSSR count). The van der Waals surface area contributed by atoms with Crippen LogP contribution in [-0.4, -0.2) is 26.8 Å². The van der Waals surface area contributed by atoms with Crippen LogP contribution in [0, 0.1) is 0 Å². The molecule has 0 aliphatic heterocycles. The summed E-state index contributed by atoms with van der Waals surface area (Å²) in [4.78, 5) is 14.4. The Morgan fingerprint density at radius 1 is 1.41 bits per heavy atom. The van der Waals surface area contributed by atoms with Gasteiger partial charge in [0.15, 0.2) is 0 Å². The summed E-state index contributed by atoms with van der Waals surface area (Å²) in [6.45, 7) is -1.14. The molecule has 0 atom stereocenters. The lowest BCUT2D eigenvalue weighted by Gasteiger charge is -2.07. The summed E-state index contributed by atoms with van der Waals surface area (Å²) in [6, 6.07) is 3.81. The Bertz CT molecular complexity index is 574. The van der Waals surface area contributed by atoms with Crippen molar-refractivity contribution in [2.24, 2.45) is 0 Å². The summed E-state index contributed by atoms with van der Waals surface area (Å²) in [5.41, 5.74) is 0.483. The van der Waals surface area contributed by atoms with Crippen molar-refractivity contribution in [1.29, 1.82) is 0 Å². The maximum atomic E-state index is 12.2. The number of nitrogens with zero attached hydrogens (tertiary/aromatic N) is 2. The Balaban J connectivity index is 2.45. The van der Waals surface area contributed by atoms with Gasteiger partial charge in [-0.25, -0.2) is 9.78 Å². The minimum absolute atomic E-state index is 0.00485. The second-order valence-electron chi connectivity index (χ2n) is 3.50. The summed E-state index contributed by atoms with van der Waals surface area (Å²) < 4.78 is 37.6. The topological polar surface area (TPSA) is 55.1 Å². The lowest BCUT2D eigenvalue weighted by atomic mass is 10.2. The zero-order chi connectivity index (χ0) is 12.6. The average Bonchev–Trinajstić information content (AvgIpc) is 2.58. The van der Waals surface area contributed by atoms with Gasteiger partial charge >= 0.3 is 12.1 Å². The molecule has 7 heteroatoms. The van der Waals surface area contributed by atoms with E-state index < -0.39 is 18.7 Å². The van der Waals surface area contributed by atoms with Gasteiger partial charge in [-0.3, -0.25) is 0 Å². The minimum atomic E-state index is -4.33. The Hall–Kier alpha value is -2.05. The van der Waals surface area contributed by atoms with Crippen LogP contribution < -0.4 is 0 Å². The van der Waals surface area contributed by atoms with E-state index in [0.717, 1.165) is 10.9 Å². The fraction of sp³-hybridized carbons (Fsp3) is 0.200. The molecule has 1 N–H and O–H groups in total. The van der Waals surface area contributed by atoms with E-state index >= 15 is 0 Å². The summed E-state index contributed by atoms with van der Waals surface area (Å²) >= 11 is 0. The maximum absolute atomic E-state index is 12.2. The number of halogens is 3. The number of hydrogen-bond acceptors (Lipinski definition) is 2. The molecule has 1 aromatic heterocycles. The molecule has 0 aliphatic rings. The van der Waals surface area contributed by atoms with Gasteiger partial charge in [0.2, 0.25) is 0 Å². The van der Waals surface area contributed by atoms with Crippen molar-refractivity contribution in [2.45, 2.75) is 12.7 Å². The van der Waals surface area contributed by atoms with Crippen LogP contribution in [0.1, 0.15) is 10.4 Å². The second kappa shape index (κ2) is 3.76. The van der Waals surface area contributed by atoms with Gasteiger partial charge in [0.05, 0.1) is 22.9 Å². The van der Waals surface area contributed by atoms with Gasteiger partial charge in [-0.15, -0.1) is 0 Å². The number of rotatable bonds is 2. The highest BCUT2D eigenvalue weighted by molar-refractivity contribution is 5.92. The highest BCUT2D eigenvalue weighted by atomic mass is 19.4. The number of aromatic carboxylic acids is 1. The summed E-state index contributed by atoms with van der Waals surface area (Å²) in [6.07, 6.45) is -3.29. The lowest BCUT2D eigenvalue weighted by molar-refractivity contribution is -0.139. The fourth-order valence-electron chi connectivity index (χ4n) is 1.52. The Kier molecular flexibility index (Phi) is 2.53. The molecule has 0 radical (unpaired) electrons. The predicted molar refractivity (Wildman–Crippen MR) is 52.7 cm³/mol. The number of benzene rings is 1. The summed E-state index contributed by atoms with van der Waals surface area (Å²) in [7, 11) is 0. The molecule has 1 heterocycles. The molecule has 90 valence electrons. The highest BCUT2D eigenvalue weighted by Gasteiger charge is 2.28. The number of carboxylic acids is 1. The van der Waals surface area contributed by atoms with E-state index in [1.807, 2.05) is 0 Å². The number of carbonyl (C=O) groups is 1. The molecule has 0 fully saturated rings. The number of aromatic nitrogens is 2. The van der Waals surface area contributed by atoms with Gasteiger partial charge in [0.25, 0.3) is 0 Å². The zero-order valence-corrected chi connectivity index (χ0v) is 8.40. The number of carboxylic acid groups (broad SMARTS) is 1. The molecule has 17 heavy (non-hydrogen) atoms. The Morgan fingerprint density at radius 3 is 2.71 bits per heavy atom. The Morgan fingerprint density at radius 2 is 2.12 bits per heavy atom. The van der Waals surface area contributed by atoms with Crippen LogP contribution in [0.15, 0.2) is 24.5 Å². The first-order valence-electron chi connectivity index (χ1n) is 4.62. The third-order valence-corrected chi connectivity index (χ3v) is 2.22. The van der Waals surface area contributed by atoms with Crippen LogP contribution in [0.2, 0.25) is 0 Å². The van der Waals surface area contributed by atoms with Crippen molar-refractivity contribution in [3.63, 3.8) is 0 Å². The van der Waals surface area contributed by atoms with E-state index in [0.29, 0.717) is 0 Å².